The van der Waals surface area contributed by atoms with E-state index < -0.39 is 27.0 Å². The lowest BCUT2D eigenvalue weighted by molar-refractivity contribution is -0.123. The van der Waals surface area contributed by atoms with E-state index in [0.29, 0.717) is 35.4 Å². The van der Waals surface area contributed by atoms with Crippen LogP contribution in [0.3, 0.4) is 0 Å². The third-order valence-corrected chi connectivity index (χ3v) is 9.44. The number of alkyl halides is 2. The standard InChI is InChI=1S/C24H31F2N7O3S2/c1-13(2)21(34)27-9-10-33(14-5-6-14)17-12-15(38(35,36)31-24(3)7-8-24)11-16-18(30-32(4)19(16)17)22-28-29-23(37-22)20(25)26/h11-14,20,31H,5-10H2,1-4H3,(H,27,34). The van der Waals surface area contributed by atoms with Crippen molar-refractivity contribution in [3.05, 3.63) is 17.1 Å². The Morgan fingerprint density at radius 3 is 2.55 bits per heavy atom. The highest BCUT2D eigenvalue weighted by Gasteiger charge is 2.42. The predicted octanol–water partition coefficient (Wildman–Crippen LogP) is 3.60. The summed E-state index contributed by atoms with van der Waals surface area (Å²) < 4.78 is 57.9. The molecule has 2 heterocycles. The number of fused-ring (bicyclic) bond motifs is 1. The number of nitrogens with one attached hydrogen (secondary N) is 2. The minimum absolute atomic E-state index is 0.0574. The number of carbonyl (C=O) groups is 1. The lowest BCUT2D eigenvalue weighted by Gasteiger charge is -2.27. The summed E-state index contributed by atoms with van der Waals surface area (Å²) in [6.07, 6.45) is 0.615. The molecule has 0 radical (unpaired) electrons. The first-order valence-corrected chi connectivity index (χ1v) is 14.9. The molecule has 0 aliphatic heterocycles. The second kappa shape index (κ2) is 9.79. The van der Waals surface area contributed by atoms with Crippen LogP contribution in [-0.2, 0) is 21.9 Å². The molecule has 2 fully saturated rings. The van der Waals surface area contributed by atoms with E-state index in [2.05, 4.69) is 30.2 Å². The molecule has 2 aliphatic rings. The van der Waals surface area contributed by atoms with E-state index >= 15 is 0 Å². The van der Waals surface area contributed by atoms with Crippen molar-refractivity contribution in [2.75, 3.05) is 18.0 Å². The summed E-state index contributed by atoms with van der Waals surface area (Å²) in [4.78, 5) is 14.3. The molecular weight excluding hydrogens is 536 g/mol. The van der Waals surface area contributed by atoms with Crippen LogP contribution in [0.4, 0.5) is 14.5 Å². The molecule has 1 aromatic carbocycles. The Morgan fingerprint density at radius 1 is 1.26 bits per heavy atom. The van der Waals surface area contributed by atoms with E-state index in [1.807, 2.05) is 20.8 Å². The van der Waals surface area contributed by atoms with Gasteiger partial charge in [-0.2, -0.15) is 5.10 Å². The fourth-order valence-corrected chi connectivity index (χ4v) is 6.59. The smallest absolute Gasteiger partial charge is 0.291 e. The van der Waals surface area contributed by atoms with E-state index in [1.54, 1.807) is 17.8 Å². The molecule has 5 rings (SSSR count). The highest BCUT2D eigenvalue weighted by atomic mass is 32.2. The first-order valence-electron chi connectivity index (χ1n) is 12.6. The zero-order valence-electron chi connectivity index (χ0n) is 21.7. The summed E-state index contributed by atoms with van der Waals surface area (Å²) >= 11 is 0.734. The molecule has 0 unspecified atom stereocenters. The second-order valence-corrected chi connectivity index (χ2v) is 13.3. The molecule has 3 aromatic rings. The van der Waals surface area contributed by atoms with Crippen molar-refractivity contribution in [1.29, 1.82) is 0 Å². The Bertz CT molecular complexity index is 1480. The summed E-state index contributed by atoms with van der Waals surface area (Å²) in [5.74, 6) is -0.206. The third-order valence-electron chi connectivity index (χ3n) is 6.89. The van der Waals surface area contributed by atoms with Gasteiger partial charge in [-0.05, 0) is 44.7 Å². The number of hydrogen-bond acceptors (Lipinski definition) is 8. The first kappa shape index (κ1) is 26.9. The quantitative estimate of drug-likeness (QED) is 0.363. The van der Waals surface area contributed by atoms with E-state index in [0.717, 1.165) is 37.0 Å². The van der Waals surface area contributed by atoms with Crippen molar-refractivity contribution in [3.8, 4) is 10.7 Å². The van der Waals surface area contributed by atoms with Crippen molar-refractivity contribution in [1.82, 2.24) is 30.0 Å². The third kappa shape index (κ3) is 5.38. The van der Waals surface area contributed by atoms with Gasteiger partial charge in [0.25, 0.3) is 6.43 Å². The summed E-state index contributed by atoms with van der Waals surface area (Å²) in [5, 5.41) is 15.3. The van der Waals surface area contributed by atoms with Crippen LogP contribution >= 0.6 is 11.3 Å². The Hall–Kier alpha value is -2.71. The number of anilines is 1. The zero-order chi connectivity index (χ0) is 27.4. The molecular formula is C24H31F2N7O3S2. The van der Waals surface area contributed by atoms with Crippen molar-refractivity contribution in [2.45, 2.75) is 69.4 Å². The summed E-state index contributed by atoms with van der Waals surface area (Å²) in [7, 11) is -2.16. The van der Waals surface area contributed by atoms with E-state index in [4.69, 9.17) is 0 Å². The van der Waals surface area contributed by atoms with Gasteiger partial charge in [0.15, 0.2) is 10.0 Å². The summed E-state index contributed by atoms with van der Waals surface area (Å²) in [6, 6.07) is 3.37. The SMILES string of the molecule is CC(C)C(=O)NCCN(c1cc(S(=O)(=O)NC2(C)CC2)cc2c(-c3nnc(C(F)F)s3)nn(C)c12)C1CC1. The van der Waals surface area contributed by atoms with E-state index in [-0.39, 0.29) is 27.8 Å². The Balaban J connectivity index is 1.63. The fraction of sp³-hybridized carbons (Fsp3) is 0.583. The Morgan fingerprint density at radius 2 is 1.97 bits per heavy atom. The number of aryl methyl sites for hydroxylation is 1. The molecule has 0 spiro atoms. The molecule has 14 heteroatoms. The summed E-state index contributed by atoms with van der Waals surface area (Å²) in [6.45, 7) is 6.37. The van der Waals surface area contributed by atoms with Crippen LogP contribution in [0.1, 0.15) is 57.9 Å². The lowest BCUT2D eigenvalue weighted by atomic mass is 10.1. The number of aromatic nitrogens is 4. The van der Waals surface area contributed by atoms with Gasteiger partial charge in [-0.3, -0.25) is 9.48 Å². The fourth-order valence-electron chi connectivity index (χ4n) is 4.38. The number of halogens is 2. The number of benzene rings is 1. The molecule has 0 atom stereocenters. The average molecular weight is 568 g/mol. The molecule has 0 bridgehead atoms. The molecule has 2 N–H and O–H groups in total. The normalized spacial score (nSPS) is 16.9. The lowest BCUT2D eigenvalue weighted by Crippen LogP contribution is -2.38. The molecule has 38 heavy (non-hydrogen) atoms. The zero-order valence-corrected chi connectivity index (χ0v) is 23.3. The van der Waals surface area contributed by atoms with Crippen LogP contribution in [0.2, 0.25) is 0 Å². The van der Waals surface area contributed by atoms with Crippen LogP contribution < -0.4 is 14.9 Å². The molecule has 2 aliphatic carbocycles. The van der Waals surface area contributed by atoms with Gasteiger partial charge in [0, 0.05) is 43.0 Å². The molecule has 2 aromatic heterocycles. The van der Waals surface area contributed by atoms with Crippen LogP contribution in [-0.4, -0.2) is 59.0 Å². The van der Waals surface area contributed by atoms with Gasteiger partial charge in [-0.25, -0.2) is 21.9 Å². The number of nitrogens with zero attached hydrogens (tertiary/aromatic N) is 5. The van der Waals surface area contributed by atoms with Gasteiger partial charge >= 0.3 is 0 Å². The monoisotopic (exact) mass is 567 g/mol. The number of sulfonamides is 1. The maximum absolute atomic E-state index is 13.5. The highest BCUT2D eigenvalue weighted by Crippen LogP contribution is 2.42. The number of hydrogen-bond donors (Lipinski definition) is 2. The van der Waals surface area contributed by atoms with E-state index in [1.165, 1.54) is 6.07 Å². The molecule has 10 nitrogen and oxygen atoms in total. The largest absolute Gasteiger partial charge is 0.365 e. The number of carbonyl (C=O) groups excluding carboxylic acids is 1. The van der Waals surface area contributed by atoms with Crippen molar-refractivity contribution in [3.63, 3.8) is 0 Å². The van der Waals surface area contributed by atoms with Crippen molar-refractivity contribution < 1.29 is 22.0 Å². The maximum Gasteiger partial charge on any atom is 0.291 e. The van der Waals surface area contributed by atoms with Gasteiger partial charge in [0.2, 0.25) is 15.9 Å². The van der Waals surface area contributed by atoms with Gasteiger partial charge in [0.1, 0.15) is 5.69 Å². The second-order valence-electron chi connectivity index (χ2n) is 10.6. The van der Waals surface area contributed by atoms with E-state index in [9.17, 15) is 22.0 Å². The van der Waals surface area contributed by atoms with Crippen LogP contribution in [0.15, 0.2) is 17.0 Å². The number of rotatable bonds is 11. The summed E-state index contributed by atoms with van der Waals surface area (Å²) in [5.41, 5.74) is 1.14. The van der Waals surface area contributed by atoms with Crippen molar-refractivity contribution in [2.24, 2.45) is 13.0 Å². The molecule has 1 amide bonds. The van der Waals surface area contributed by atoms with Crippen LogP contribution in [0.5, 0.6) is 0 Å². The highest BCUT2D eigenvalue weighted by molar-refractivity contribution is 7.89. The van der Waals surface area contributed by atoms with Gasteiger partial charge < -0.3 is 10.2 Å². The first-order chi connectivity index (χ1) is 17.9. The minimum atomic E-state index is -3.89. The van der Waals surface area contributed by atoms with Crippen LogP contribution in [0, 0.1) is 5.92 Å². The minimum Gasteiger partial charge on any atom is -0.365 e. The van der Waals surface area contributed by atoms with Crippen molar-refractivity contribution >= 4 is 43.9 Å². The Kier molecular flexibility index (Phi) is 6.93. The Labute approximate surface area is 223 Å². The maximum atomic E-state index is 13.5. The topological polar surface area (TPSA) is 122 Å². The van der Waals surface area contributed by atoms with Gasteiger partial charge in [0.05, 0.1) is 16.1 Å². The van der Waals surface area contributed by atoms with Gasteiger partial charge in [-0.15, -0.1) is 10.2 Å². The van der Waals surface area contributed by atoms with Gasteiger partial charge in [-0.1, -0.05) is 25.2 Å². The molecule has 0 saturated heterocycles. The molecule has 206 valence electrons. The molecule has 2 saturated carbocycles. The van der Waals surface area contributed by atoms with Crippen LogP contribution in [0.25, 0.3) is 21.6 Å². The average Bonchev–Trinajstić information content (AvgIpc) is 3.73. The number of amides is 1. The predicted molar refractivity (Wildman–Crippen MR) is 141 cm³/mol.